The molecule has 5 nitrogen and oxygen atoms in total. The third kappa shape index (κ3) is 4.53. The molecule has 1 aromatic heterocycles. The van der Waals surface area contributed by atoms with Gasteiger partial charge in [0.1, 0.15) is 0 Å². The van der Waals surface area contributed by atoms with Crippen molar-refractivity contribution in [2.75, 3.05) is 13.1 Å². The van der Waals surface area contributed by atoms with Gasteiger partial charge in [-0.15, -0.1) is 0 Å². The van der Waals surface area contributed by atoms with E-state index in [1.807, 2.05) is 24.3 Å². The Bertz CT molecular complexity index is 373. The Morgan fingerprint density at radius 2 is 2.38 bits per heavy atom. The van der Waals surface area contributed by atoms with Gasteiger partial charge < -0.3 is 5.11 Å². The van der Waals surface area contributed by atoms with Crippen LogP contribution in [0.2, 0.25) is 0 Å². The number of aromatic nitrogens is 1. The topological polar surface area (TPSA) is 77.2 Å². The van der Waals surface area contributed by atoms with Crippen molar-refractivity contribution in [2.45, 2.75) is 13.0 Å². The van der Waals surface area contributed by atoms with E-state index in [2.05, 4.69) is 4.98 Å². The van der Waals surface area contributed by atoms with E-state index in [4.69, 9.17) is 10.4 Å². The van der Waals surface area contributed by atoms with Crippen LogP contribution in [0, 0.1) is 11.3 Å². The van der Waals surface area contributed by atoms with E-state index < -0.39 is 5.97 Å². The summed E-state index contributed by atoms with van der Waals surface area (Å²) in [7, 11) is 0. The third-order valence-electron chi connectivity index (χ3n) is 2.05. The summed E-state index contributed by atoms with van der Waals surface area (Å²) < 4.78 is 0. The Labute approximate surface area is 93.9 Å². The highest BCUT2D eigenvalue weighted by Crippen LogP contribution is 2.01. The smallest absolute Gasteiger partial charge is 0.304 e. The molecule has 1 aromatic rings. The number of carboxylic acid groups (broad SMARTS) is 1. The first-order valence-corrected chi connectivity index (χ1v) is 4.93. The van der Waals surface area contributed by atoms with Crippen LogP contribution in [-0.4, -0.2) is 34.0 Å². The Hall–Kier alpha value is -1.93. The van der Waals surface area contributed by atoms with Crippen LogP contribution in [0.15, 0.2) is 24.4 Å². The SMILES string of the molecule is N#CCN(CCC(=O)O)Cc1ccccn1. The summed E-state index contributed by atoms with van der Waals surface area (Å²) in [5, 5.41) is 17.2. The lowest BCUT2D eigenvalue weighted by molar-refractivity contribution is -0.137. The molecule has 0 radical (unpaired) electrons. The fraction of sp³-hybridized carbons (Fsp3) is 0.364. The highest BCUT2D eigenvalue weighted by Gasteiger charge is 2.08. The lowest BCUT2D eigenvalue weighted by Crippen LogP contribution is -2.26. The van der Waals surface area contributed by atoms with Crippen LogP contribution in [0.25, 0.3) is 0 Å². The Kier molecular flexibility index (Phi) is 4.96. The average Bonchev–Trinajstić information content (AvgIpc) is 2.27. The molecule has 0 atom stereocenters. The third-order valence-corrected chi connectivity index (χ3v) is 2.05. The first-order chi connectivity index (χ1) is 7.72. The maximum atomic E-state index is 10.4. The fourth-order valence-corrected chi connectivity index (χ4v) is 1.29. The Morgan fingerprint density at radius 1 is 1.56 bits per heavy atom. The summed E-state index contributed by atoms with van der Waals surface area (Å²) in [6.07, 6.45) is 1.71. The number of aliphatic carboxylic acids is 1. The molecule has 1 heterocycles. The van der Waals surface area contributed by atoms with E-state index in [1.165, 1.54) is 0 Å². The molecule has 0 spiro atoms. The maximum absolute atomic E-state index is 10.4. The number of rotatable bonds is 6. The molecule has 0 amide bonds. The molecule has 0 unspecified atom stereocenters. The molecule has 0 aliphatic carbocycles. The number of pyridine rings is 1. The van der Waals surface area contributed by atoms with Crippen molar-refractivity contribution in [2.24, 2.45) is 0 Å². The van der Waals surface area contributed by atoms with E-state index in [0.717, 1.165) is 5.69 Å². The minimum atomic E-state index is -0.857. The van der Waals surface area contributed by atoms with Gasteiger partial charge in [-0.05, 0) is 12.1 Å². The summed E-state index contributed by atoms with van der Waals surface area (Å²) in [6.45, 7) is 1.07. The van der Waals surface area contributed by atoms with Crippen molar-refractivity contribution in [3.63, 3.8) is 0 Å². The number of nitriles is 1. The second-order valence-corrected chi connectivity index (χ2v) is 3.33. The van der Waals surface area contributed by atoms with Crippen LogP contribution in [0.3, 0.4) is 0 Å². The van der Waals surface area contributed by atoms with Crippen molar-refractivity contribution >= 4 is 5.97 Å². The largest absolute Gasteiger partial charge is 0.481 e. The van der Waals surface area contributed by atoms with E-state index in [0.29, 0.717) is 13.1 Å². The van der Waals surface area contributed by atoms with Crippen LogP contribution >= 0.6 is 0 Å². The summed E-state index contributed by atoms with van der Waals surface area (Å²) in [4.78, 5) is 16.3. The molecular weight excluding hydrogens is 206 g/mol. The number of hydrogen-bond donors (Lipinski definition) is 1. The molecule has 5 heteroatoms. The van der Waals surface area contributed by atoms with E-state index >= 15 is 0 Å². The van der Waals surface area contributed by atoms with E-state index in [9.17, 15) is 4.79 Å². The molecule has 0 aliphatic rings. The molecule has 0 bridgehead atoms. The highest BCUT2D eigenvalue weighted by molar-refractivity contribution is 5.66. The van der Waals surface area contributed by atoms with Gasteiger partial charge in [0.25, 0.3) is 0 Å². The van der Waals surface area contributed by atoms with Crippen LogP contribution in [0.4, 0.5) is 0 Å². The van der Waals surface area contributed by atoms with Crippen LogP contribution in [0.5, 0.6) is 0 Å². The Balaban J connectivity index is 2.51. The number of carboxylic acids is 1. The van der Waals surface area contributed by atoms with Gasteiger partial charge in [0.2, 0.25) is 0 Å². The van der Waals surface area contributed by atoms with Gasteiger partial charge >= 0.3 is 5.97 Å². The number of hydrogen-bond acceptors (Lipinski definition) is 4. The molecule has 0 aromatic carbocycles. The molecular formula is C11H13N3O2. The zero-order valence-corrected chi connectivity index (χ0v) is 8.83. The first kappa shape index (κ1) is 12.1. The zero-order chi connectivity index (χ0) is 11.8. The zero-order valence-electron chi connectivity index (χ0n) is 8.83. The lowest BCUT2D eigenvalue weighted by atomic mass is 10.3. The summed E-state index contributed by atoms with van der Waals surface area (Å²) in [6, 6.07) is 7.55. The van der Waals surface area contributed by atoms with Gasteiger partial charge in [-0.1, -0.05) is 6.07 Å². The molecule has 0 saturated heterocycles. The van der Waals surface area contributed by atoms with E-state index in [-0.39, 0.29) is 13.0 Å². The molecule has 16 heavy (non-hydrogen) atoms. The van der Waals surface area contributed by atoms with Gasteiger partial charge in [-0.2, -0.15) is 5.26 Å². The fourth-order valence-electron chi connectivity index (χ4n) is 1.29. The second kappa shape index (κ2) is 6.53. The maximum Gasteiger partial charge on any atom is 0.304 e. The van der Waals surface area contributed by atoms with Crippen molar-refractivity contribution in [3.8, 4) is 6.07 Å². The molecule has 0 fully saturated rings. The average molecular weight is 219 g/mol. The van der Waals surface area contributed by atoms with Gasteiger partial charge in [0, 0.05) is 19.3 Å². The predicted molar refractivity (Wildman–Crippen MR) is 57.4 cm³/mol. The Morgan fingerprint density at radius 3 is 2.94 bits per heavy atom. The minimum absolute atomic E-state index is 0.0362. The van der Waals surface area contributed by atoms with Crippen LogP contribution in [-0.2, 0) is 11.3 Å². The molecule has 1 N–H and O–H groups in total. The summed E-state index contributed by atoms with van der Waals surface area (Å²) in [5.41, 5.74) is 0.836. The normalized spacial score (nSPS) is 10.0. The number of nitrogens with zero attached hydrogens (tertiary/aromatic N) is 3. The second-order valence-electron chi connectivity index (χ2n) is 3.33. The van der Waals surface area contributed by atoms with Gasteiger partial charge in [0.15, 0.2) is 0 Å². The van der Waals surface area contributed by atoms with Crippen LogP contribution < -0.4 is 0 Å². The predicted octanol–water partition coefficient (Wildman–Crippen LogP) is 0.882. The molecule has 84 valence electrons. The van der Waals surface area contributed by atoms with Gasteiger partial charge in [0.05, 0.1) is 24.7 Å². The van der Waals surface area contributed by atoms with Crippen molar-refractivity contribution in [1.29, 1.82) is 5.26 Å². The van der Waals surface area contributed by atoms with E-state index in [1.54, 1.807) is 11.1 Å². The van der Waals surface area contributed by atoms with Gasteiger partial charge in [-0.25, -0.2) is 0 Å². The van der Waals surface area contributed by atoms with Crippen molar-refractivity contribution in [3.05, 3.63) is 30.1 Å². The minimum Gasteiger partial charge on any atom is -0.481 e. The van der Waals surface area contributed by atoms with Crippen molar-refractivity contribution in [1.82, 2.24) is 9.88 Å². The summed E-state index contributed by atoms with van der Waals surface area (Å²) in [5.74, 6) is -0.857. The molecule has 1 rings (SSSR count). The first-order valence-electron chi connectivity index (χ1n) is 4.93. The van der Waals surface area contributed by atoms with Crippen LogP contribution in [0.1, 0.15) is 12.1 Å². The molecule has 0 aliphatic heterocycles. The quantitative estimate of drug-likeness (QED) is 0.719. The highest BCUT2D eigenvalue weighted by atomic mass is 16.4. The number of carbonyl (C=O) groups is 1. The summed E-state index contributed by atoms with van der Waals surface area (Å²) >= 11 is 0. The molecule has 0 saturated carbocycles. The van der Waals surface area contributed by atoms with Gasteiger partial charge in [-0.3, -0.25) is 14.7 Å². The standard InChI is InChI=1S/C11H13N3O2/c12-5-8-14(7-4-11(15)16)9-10-3-1-2-6-13-10/h1-3,6H,4,7-9H2,(H,15,16). The van der Waals surface area contributed by atoms with Crippen molar-refractivity contribution < 1.29 is 9.90 Å². The lowest BCUT2D eigenvalue weighted by Gasteiger charge is -2.17. The monoisotopic (exact) mass is 219 g/mol.